The van der Waals surface area contributed by atoms with Crippen LogP contribution in [0.4, 0.5) is 0 Å². The van der Waals surface area contributed by atoms with Crippen LogP contribution in [0.25, 0.3) is 0 Å². The van der Waals surface area contributed by atoms with E-state index in [1.54, 1.807) is 0 Å². The normalized spacial score (nSPS) is 10.0. The van der Waals surface area contributed by atoms with Gasteiger partial charge in [-0.1, -0.05) is 23.8 Å². The van der Waals surface area contributed by atoms with Crippen molar-refractivity contribution in [3.05, 3.63) is 0 Å². The third-order valence-electron chi connectivity index (χ3n) is 0.550. The second kappa shape index (κ2) is 5.62. The van der Waals surface area contributed by atoms with Gasteiger partial charge in [-0.15, -0.1) is 0 Å². The number of carbonyl (C=O) groups is 1. The van der Waals surface area contributed by atoms with E-state index < -0.39 is 0 Å². The van der Waals surface area contributed by atoms with Gasteiger partial charge in [-0.25, -0.2) is 0 Å². The van der Waals surface area contributed by atoms with Crippen molar-refractivity contribution in [2.45, 2.75) is 6.92 Å². The van der Waals surface area contributed by atoms with Gasteiger partial charge in [-0.05, 0) is 5.75 Å². The van der Waals surface area contributed by atoms with E-state index in [1.807, 2.05) is 6.92 Å². The molecule has 0 atom stereocenters. The zero-order valence-electron chi connectivity index (χ0n) is 5.46. The monoisotopic (exact) mass is 147 g/mol. The summed E-state index contributed by atoms with van der Waals surface area (Å²) in [5.41, 5.74) is 0. The highest BCUT2D eigenvalue weighted by atomic mass is 32.2. The van der Waals surface area contributed by atoms with Crippen LogP contribution < -0.4 is 0 Å². The van der Waals surface area contributed by atoms with Gasteiger partial charge in [0.1, 0.15) is 13.3 Å². The van der Waals surface area contributed by atoms with E-state index in [2.05, 4.69) is 9.99 Å². The molecule has 0 aliphatic heterocycles. The van der Waals surface area contributed by atoms with E-state index >= 15 is 0 Å². The van der Waals surface area contributed by atoms with Crippen LogP contribution in [0.2, 0.25) is 0 Å². The van der Waals surface area contributed by atoms with Crippen LogP contribution in [0.5, 0.6) is 0 Å². The number of hydrogen-bond donors (Lipinski definition) is 0. The van der Waals surface area contributed by atoms with E-state index in [-0.39, 0.29) is 5.12 Å². The van der Waals surface area contributed by atoms with Crippen LogP contribution in [-0.4, -0.2) is 24.2 Å². The molecule has 0 saturated carbocycles. The molecule has 0 unspecified atom stereocenters. The SMILES string of the molecule is CCSC(=O)C=NOC. The van der Waals surface area contributed by atoms with Crippen molar-refractivity contribution >= 4 is 23.1 Å². The zero-order valence-corrected chi connectivity index (χ0v) is 6.27. The summed E-state index contributed by atoms with van der Waals surface area (Å²) in [7, 11) is 1.40. The second-order valence-electron chi connectivity index (χ2n) is 1.17. The van der Waals surface area contributed by atoms with E-state index in [4.69, 9.17) is 0 Å². The quantitative estimate of drug-likeness (QED) is 0.439. The van der Waals surface area contributed by atoms with E-state index in [0.717, 1.165) is 12.0 Å². The summed E-state index contributed by atoms with van der Waals surface area (Å²) in [6, 6.07) is 0. The Morgan fingerprint density at radius 1 is 1.89 bits per heavy atom. The van der Waals surface area contributed by atoms with E-state index in [9.17, 15) is 4.79 Å². The molecule has 0 fully saturated rings. The van der Waals surface area contributed by atoms with Crippen molar-refractivity contribution in [3.63, 3.8) is 0 Å². The average molecular weight is 147 g/mol. The molecule has 0 bridgehead atoms. The van der Waals surface area contributed by atoms with Crippen LogP contribution in [-0.2, 0) is 9.63 Å². The highest BCUT2D eigenvalue weighted by Gasteiger charge is 1.92. The fourth-order valence-electron chi connectivity index (χ4n) is 0.275. The van der Waals surface area contributed by atoms with Crippen molar-refractivity contribution in [1.29, 1.82) is 0 Å². The molecule has 0 saturated heterocycles. The molecular formula is C5H9NO2S. The molecular weight excluding hydrogens is 138 g/mol. The fourth-order valence-corrected chi connectivity index (χ4v) is 0.677. The molecule has 0 amide bonds. The van der Waals surface area contributed by atoms with E-state index in [0.29, 0.717) is 0 Å². The maximum Gasteiger partial charge on any atom is 0.233 e. The number of rotatable bonds is 3. The Balaban J connectivity index is 3.37. The molecule has 0 radical (unpaired) electrons. The van der Waals surface area contributed by atoms with Gasteiger partial charge in [0, 0.05) is 0 Å². The van der Waals surface area contributed by atoms with Gasteiger partial charge in [0.15, 0.2) is 0 Å². The number of thioether (sulfide) groups is 1. The van der Waals surface area contributed by atoms with Gasteiger partial charge in [0.25, 0.3) is 0 Å². The van der Waals surface area contributed by atoms with Crippen molar-refractivity contribution in [2.75, 3.05) is 12.9 Å². The standard InChI is InChI=1S/C5H9NO2S/c1-3-9-5(7)4-6-8-2/h4H,3H2,1-2H3. The lowest BCUT2D eigenvalue weighted by atomic mass is 10.8. The Hall–Kier alpha value is -0.510. The maximum absolute atomic E-state index is 10.5. The van der Waals surface area contributed by atoms with Crippen molar-refractivity contribution in [3.8, 4) is 0 Å². The van der Waals surface area contributed by atoms with Crippen LogP contribution in [0.3, 0.4) is 0 Å². The molecule has 0 spiro atoms. The van der Waals surface area contributed by atoms with Crippen molar-refractivity contribution < 1.29 is 9.63 Å². The Labute approximate surface area is 58.4 Å². The minimum atomic E-state index is -0.0700. The van der Waals surface area contributed by atoms with E-state index in [1.165, 1.54) is 18.9 Å². The second-order valence-corrected chi connectivity index (χ2v) is 2.44. The number of hydrogen-bond acceptors (Lipinski definition) is 4. The molecule has 9 heavy (non-hydrogen) atoms. The summed E-state index contributed by atoms with van der Waals surface area (Å²) < 4.78 is 0. The molecule has 0 rings (SSSR count). The van der Waals surface area contributed by atoms with Crippen LogP contribution >= 0.6 is 11.8 Å². The highest BCUT2D eigenvalue weighted by Crippen LogP contribution is 1.96. The lowest BCUT2D eigenvalue weighted by Gasteiger charge is -1.86. The lowest BCUT2D eigenvalue weighted by molar-refractivity contribution is -0.105. The van der Waals surface area contributed by atoms with Crippen LogP contribution in [0.1, 0.15) is 6.92 Å². The number of carbonyl (C=O) groups excluding carboxylic acids is 1. The molecule has 0 aromatic heterocycles. The Kier molecular flexibility index (Phi) is 5.30. The minimum absolute atomic E-state index is 0.0700. The predicted octanol–water partition coefficient (Wildman–Crippen LogP) is 0.898. The third-order valence-corrected chi connectivity index (χ3v) is 1.23. The first-order chi connectivity index (χ1) is 4.31. The summed E-state index contributed by atoms with van der Waals surface area (Å²) in [6.07, 6.45) is 1.16. The molecule has 0 aromatic rings. The summed E-state index contributed by atoms with van der Waals surface area (Å²) in [4.78, 5) is 14.8. The first-order valence-corrected chi connectivity index (χ1v) is 3.53. The fraction of sp³-hybridized carbons (Fsp3) is 0.600. The third kappa shape index (κ3) is 5.36. The molecule has 0 aliphatic rings. The molecule has 52 valence electrons. The number of oxime groups is 1. The van der Waals surface area contributed by atoms with Gasteiger partial charge >= 0.3 is 0 Å². The minimum Gasteiger partial charge on any atom is -0.399 e. The van der Waals surface area contributed by atoms with Gasteiger partial charge < -0.3 is 4.84 Å². The summed E-state index contributed by atoms with van der Waals surface area (Å²) in [5.74, 6) is 0.772. The smallest absolute Gasteiger partial charge is 0.233 e. The number of nitrogens with zero attached hydrogens (tertiary/aromatic N) is 1. The first-order valence-electron chi connectivity index (χ1n) is 2.54. The molecule has 3 nitrogen and oxygen atoms in total. The first kappa shape index (κ1) is 8.49. The lowest BCUT2D eigenvalue weighted by Crippen LogP contribution is -1.92. The van der Waals surface area contributed by atoms with Crippen LogP contribution in [0.15, 0.2) is 5.16 Å². The van der Waals surface area contributed by atoms with Gasteiger partial charge in [0.2, 0.25) is 5.12 Å². The Morgan fingerprint density at radius 2 is 2.56 bits per heavy atom. The molecule has 0 aromatic carbocycles. The Bertz CT molecular complexity index is 114. The largest absolute Gasteiger partial charge is 0.399 e. The zero-order chi connectivity index (χ0) is 7.11. The predicted molar refractivity (Wildman–Crippen MR) is 38.6 cm³/mol. The van der Waals surface area contributed by atoms with Crippen LogP contribution in [0, 0.1) is 0 Å². The molecule has 4 heteroatoms. The summed E-state index contributed by atoms with van der Waals surface area (Å²) >= 11 is 1.20. The van der Waals surface area contributed by atoms with Gasteiger partial charge in [-0.3, -0.25) is 4.79 Å². The Morgan fingerprint density at radius 3 is 3.00 bits per heavy atom. The average Bonchev–Trinajstić information content (AvgIpc) is 1.85. The van der Waals surface area contributed by atoms with Gasteiger partial charge in [-0.2, -0.15) is 0 Å². The van der Waals surface area contributed by atoms with Crippen molar-refractivity contribution in [2.24, 2.45) is 5.16 Å². The summed E-state index contributed by atoms with van der Waals surface area (Å²) in [5, 5.41) is 3.22. The molecule has 0 aliphatic carbocycles. The highest BCUT2D eigenvalue weighted by molar-refractivity contribution is 8.15. The van der Waals surface area contributed by atoms with Gasteiger partial charge in [0.05, 0.1) is 0 Å². The maximum atomic E-state index is 10.5. The molecule has 0 heterocycles. The topological polar surface area (TPSA) is 38.7 Å². The summed E-state index contributed by atoms with van der Waals surface area (Å²) in [6.45, 7) is 1.91. The molecule has 0 N–H and O–H groups in total. The van der Waals surface area contributed by atoms with Crippen molar-refractivity contribution in [1.82, 2.24) is 0 Å².